The van der Waals surface area contributed by atoms with Crippen LogP contribution >= 0.6 is 0 Å². The Kier molecular flexibility index (Phi) is 4.70. The van der Waals surface area contributed by atoms with E-state index in [1.54, 1.807) is 14.2 Å². The quantitative estimate of drug-likeness (QED) is 0.665. The average Bonchev–Trinajstić information content (AvgIpc) is 2.87. The molecular formula is C16H19ClN2O2. The predicted octanol–water partition coefficient (Wildman–Crippen LogP) is -0.424. The molecule has 21 heavy (non-hydrogen) atoms. The minimum atomic E-state index is 0. The maximum atomic E-state index is 5.59. The van der Waals surface area contributed by atoms with Gasteiger partial charge in [0.2, 0.25) is 11.9 Å². The van der Waals surface area contributed by atoms with Gasteiger partial charge < -0.3 is 26.9 Å². The Balaban J connectivity index is 0.00000161. The lowest BCUT2D eigenvalue weighted by Crippen LogP contribution is -3.00. The van der Waals surface area contributed by atoms with Crippen LogP contribution in [0.5, 0.6) is 5.75 Å². The zero-order chi connectivity index (χ0) is 14.1. The molecule has 4 nitrogen and oxygen atoms in total. The zero-order valence-electron chi connectivity index (χ0n) is 12.4. The summed E-state index contributed by atoms with van der Waals surface area (Å²) in [4.78, 5) is 3.50. The first-order valence-electron chi connectivity index (χ1n) is 6.72. The van der Waals surface area contributed by atoms with Crippen molar-refractivity contribution in [1.29, 1.82) is 0 Å². The van der Waals surface area contributed by atoms with Gasteiger partial charge in [0.05, 0.1) is 12.5 Å². The third-order valence-corrected chi connectivity index (χ3v) is 3.77. The first kappa shape index (κ1) is 15.6. The third kappa shape index (κ3) is 2.57. The van der Waals surface area contributed by atoms with Crippen LogP contribution in [0, 0.1) is 6.92 Å². The van der Waals surface area contributed by atoms with Crippen LogP contribution in [-0.4, -0.2) is 25.8 Å². The molecule has 1 N–H and O–H groups in total. The average molecular weight is 307 g/mol. The van der Waals surface area contributed by atoms with E-state index in [9.17, 15) is 0 Å². The van der Waals surface area contributed by atoms with Crippen LogP contribution in [0.15, 0.2) is 30.5 Å². The summed E-state index contributed by atoms with van der Waals surface area (Å²) in [7, 11) is 3.43. The van der Waals surface area contributed by atoms with Crippen molar-refractivity contribution in [2.45, 2.75) is 13.5 Å². The number of nitrogens with one attached hydrogen (secondary N) is 1. The van der Waals surface area contributed by atoms with Crippen LogP contribution in [0.25, 0.3) is 21.8 Å². The minimum Gasteiger partial charge on any atom is -1.00 e. The molecule has 0 bridgehead atoms. The fourth-order valence-electron chi connectivity index (χ4n) is 2.69. The highest BCUT2D eigenvalue weighted by Crippen LogP contribution is 2.32. The Morgan fingerprint density at radius 1 is 1.19 bits per heavy atom. The molecule has 0 aliphatic rings. The van der Waals surface area contributed by atoms with Gasteiger partial charge in [-0.05, 0) is 6.07 Å². The van der Waals surface area contributed by atoms with E-state index >= 15 is 0 Å². The van der Waals surface area contributed by atoms with Crippen molar-refractivity contribution in [3.05, 3.63) is 36.2 Å². The van der Waals surface area contributed by atoms with Gasteiger partial charge in [0.25, 0.3) is 0 Å². The Bertz CT molecular complexity index is 768. The highest BCUT2D eigenvalue weighted by atomic mass is 35.5. The first-order chi connectivity index (χ1) is 9.76. The van der Waals surface area contributed by atoms with Gasteiger partial charge in [-0.3, -0.25) is 0 Å². The fourth-order valence-corrected chi connectivity index (χ4v) is 2.69. The molecule has 2 heterocycles. The Hall–Kier alpha value is -1.78. The van der Waals surface area contributed by atoms with Gasteiger partial charge >= 0.3 is 0 Å². The van der Waals surface area contributed by atoms with Crippen LogP contribution in [0.1, 0.15) is 5.69 Å². The summed E-state index contributed by atoms with van der Waals surface area (Å²) in [5, 5.41) is 2.34. The highest BCUT2D eigenvalue weighted by molar-refractivity contribution is 6.10. The summed E-state index contributed by atoms with van der Waals surface area (Å²) < 4.78 is 12.9. The largest absolute Gasteiger partial charge is 1.00 e. The van der Waals surface area contributed by atoms with E-state index in [1.165, 1.54) is 11.1 Å². The van der Waals surface area contributed by atoms with Gasteiger partial charge in [0.1, 0.15) is 12.1 Å². The Morgan fingerprint density at radius 3 is 2.67 bits per heavy atom. The molecule has 0 aliphatic heterocycles. The molecule has 0 spiro atoms. The smallest absolute Gasteiger partial charge is 0.212 e. The molecule has 0 unspecified atom stereocenters. The van der Waals surface area contributed by atoms with Gasteiger partial charge in [-0.15, -0.1) is 0 Å². The molecular weight excluding hydrogens is 288 g/mol. The molecule has 0 atom stereocenters. The van der Waals surface area contributed by atoms with Gasteiger partial charge in [0.15, 0.2) is 12.3 Å². The van der Waals surface area contributed by atoms with Crippen molar-refractivity contribution in [2.75, 3.05) is 20.8 Å². The van der Waals surface area contributed by atoms with Gasteiger partial charge in [-0.1, -0.05) is 18.2 Å². The third-order valence-electron chi connectivity index (χ3n) is 3.77. The normalized spacial score (nSPS) is 10.8. The number of aromatic nitrogens is 2. The van der Waals surface area contributed by atoms with Crippen molar-refractivity contribution in [2.24, 2.45) is 0 Å². The van der Waals surface area contributed by atoms with E-state index in [2.05, 4.69) is 40.9 Å². The van der Waals surface area contributed by atoms with E-state index in [1.807, 2.05) is 6.07 Å². The van der Waals surface area contributed by atoms with Gasteiger partial charge in [0, 0.05) is 24.9 Å². The van der Waals surface area contributed by atoms with Crippen LogP contribution < -0.4 is 21.7 Å². The summed E-state index contributed by atoms with van der Waals surface area (Å²) in [6.07, 6.45) is 2.05. The lowest BCUT2D eigenvalue weighted by Gasteiger charge is -2.06. The van der Waals surface area contributed by atoms with E-state index in [0.29, 0.717) is 6.61 Å². The molecule has 3 aromatic rings. The number of nitrogens with zero attached hydrogens (tertiary/aromatic N) is 1. The molecule has 1 aromatic carbocycles. The van der Waals surface area contributed by atoms with Gasteiger partial charge in [-0.2, -0.15) is 4.57 Å². The molecule has 0 saturated heterocycles. The second kappa shape index (κ2) is 6.33. The maximum absolute atomic E-state index is 5.59. The summed E-state index contributed by atoms with van der Waals surface area (Å²) in [6.45, 7) is 3.61. The number of rotatable bonds is 4. The molecule has 5 heteroatoms. The van der Waals surface area contributed by atoms with Crippen molar-refractivity contribution in [1.82, 2.24) is 4.98 Å². The molecule has 0 radical (unpaired) electrons. The van der Waals surface area contributed by atoms with Crippen LogP contribution in [0.4, 0.5) is 0 Å². The summed E-state index contributed by atoms with van der Waals surface area (Å²) >= 11 is 0. The van der Waals surface area contributed by atoms with Crippen LogP contribution in [-0.2, 0) is 11.3 Å². The number of pyridine rings is 1. The Labute approximate surface area is 130 Å². The lowest BCUT2D eigenvalue weighted by atomic mass is 10.1. The molecule has 0 aliphatic carbocycles. The number of hydrogen-bond donors (Lipinski definition) is 1. The molecule has 2 aromatic heterocycles. The molecule has 0 saturated carbocycles. The summed E-state index contributed by atoms with van der Waals surface area (Å²) in [5.74, 6) is 0.888. The number of fused-ring (bicyclic) bond motifs is 3. The molecule has 3 rings (SSSR count). The number of ether oxygens (including phenoxy) is 2. The van der Waals surface area contributed by atoms with E-state index in [-0.39, 0.29) is 12.4 Å². The second-order valence-electron chi connectivity index (χ2n) is 4.89. The number of H-pyrrole nitrogens is 1. The van der Waals surface area contributed by atoms with Crippen molar-refractivity contribution in [3.8, 4) is 5.75 Å². The minimum absolute atomic E-state index is 0. The molecule has 112 valence electrons. The molecule has 0 fully saturated rings. The monoisotopic (exact) mass is 306 g/mol. The fraction of sp³-hybridized carbons (Fsp3) is 0.312. The number of benzene rings is 1. The Morgan fingerprint density at radius 2 is 1.95 bits per heavy atom. The first-order valence-corrected chi connectivity index (χ1v) is 6.72. The van der Waals surface area contributed by atoms with Crippen LogP contribution in [0.3, 0.4) is 0 Å². The second-order valence-corrected chi connectivity index (χ2v) is 4.89. The van der Waals surface area contributed by atoms with E-state index < -0.39 is 0 Å². The van der Waals surface area contributed by atoms with Crippen molar-refractivity contribution >= 4 is 21.8 Å². The van der Waals surface area contributed by atoms with Gasteiger partial charge in [-0.25, -0.2) is 0 Å². The predicted molar refractivity (Wildman–Crippen MR) is 79.2 cm³/mol. The topological polar surface area (TPSA) is 38.1 Å². The van der Waals surface area contributed by atoms with Crippen molar-refractivity contribution in [3.63, 3.8) is 0 Å². The van der Waals surface area contributed by atoms with Crippen molar-refractivity contribution < 1.29 is 26.4 Å². The number of aryl methyl sites for hydroxylation is 1. The van der Waals surface area contributed by atoms with E-state index in [0.717, 1.165) is 28.7 Å². The number of aromatic amines is 1. The lowest BCUT2D eigenvalue weighted by molar-refractivity contribution is -0.703. The standard InChI is InChI=1S/C16H18N2O2.ClH/c1-11-16-15(12-6-4-5-7-13(12)17-16)14(20-3)10-18(11)8-9-19-2;/h4-7,10H,8-9H2,1-3H3;1H. The molecule has 0 amide bonds. The number of methoxy groups -OCH3 is 2. The zero-order valence-corrected chi connectivity index (χ0v) is 13.2. The number of halogens is 1. The summed E-state index contributed by atoms with van der Waals surface area (Å²) in [5.41, 5.74) is 3.45. The van der Waals surface area contributed by atoms with Crippen LogP contribution in [0.2, 0.25) is 0 Å². The van der Waals surface area contributed by atoms with E-state index in [4.69, 9.17) is 9.47 Å². The summed E-state index contributed by atoms with van der Waals surface area (Å²) in [6, 6.07) is 8.30. The highest BCUT2D eigenvalue weighted by Gasteiger charge is 2.20. The maximum Gasteiger partial charge on any atom is 0.212 e. The number of hydrogen-bond acceptors (Lipinski definition) is 2. The number of para-hydroxylation sites is 1. The SMILES string of the molecule is COCC[n+]1cc(OC)c2c([nH]c3ccccc32)c1C.[Cl-].